The Balaban J connectivity index is 1.60. The van der Waals surface area contributed by atoms with Crippen LogP contribution >= 0.6 is 0 Å². The van der Waals surface area contributed by atoms with Gasteiger partial charge in [0, 0.05) is 23.5 Å². The highest BCUT2D eigenvalue weighted by molar-refractivity contribution is 5.98. The summed E-state index contributed by atoms with van der Waals surface area (Å²) in [5.41, 5.74) is 1.80. The van der Waals surface area contributed by atoms with Crippen LogP contribution in [0.2, 0.25) is 0 Å². The van der Waals surface area contributed by atoms with Crippen LogP contribution in [0.3, 0.4) is 0 Å². The topological polar surface area (TPSA) is 36.1 Å². The van der Waals surface area contributed by atoms with Gasteiger partial charge in [-0.05, 0) is 43.7 Å². The Morgan fingerprint density at radius 1 is 1.10 bits per heavy atom. The first kappa shape index (κ1) is 12.9. The largest absolute Gasteiger partial charge is 0.351 e. The highest BCUT2D eigenvalue weighted by Gasteiger charge is 2.36. The van der Waals surface area contributed by atoms with E-state index in [1.165, 1.54) is 32.1 Å². The minimum Gasteiger partial charge on any atom is -0.351 e. The van der Waals surface area contributed by atoms with Crippen LogP contribution in [0.25, 0.3) is 10.9 Å². The average molecular weight is 282 g/mol. The van der Waals surface area contributed by atoms with Crippen LogP contribution in [0.5, 0.6) is 0 Å². The number of amides is 1. The number of aromatic amines is 1. The molecule has 1 aromatic heterocycles. The number of para-hydroxylation sites is 1. The van der Waals surface area contributed by atoms with Crippen molar-refractivity contribution in [1.29, 1.82) is 0 Å². The normalized spacial score (nSPS) is 23.2. The summed E-state index contributed by atoms with van der Waals surface area (Å²) < 4.78 is 0. The molecule has 0 spiro atoms. The molecular formula is C18H22N2O. The number of likely N-dealkylation sites (tertiary alicyclic amines) is 1. The molecule has 1 unspecified atom stereocenters. The van der Waals surface area contributed by atoms with Crippen LogP contribution in [0.1, 0.15) is 49.0 Å². The van der Waals surface area contributed by atoms with Gasteiger partial charge in [-0.1, -0.05) is 31.0 Å². The molecule has 1 N–H and O–H groups in total. The van der Waals surface area contributed by atoms with Gasteiger partial charge < -0.3 is 9.88 Å². The summed E-state index contributed by atoms with van der Waals surface area (Å²) in [4.78, 5) is 18.3. The second kappa shape index (κ2) is 5.21. The first-order valence-corrected chi connectivity index (χ1v) is 8.21. The number of nitrogens with zero attached hydrogens (tertiary/aromatic N) is 1. The van der Waals surface area contributed by atoms with E-state index < -0.39 is 0 Å². The molecule has 21 heavy (non-hydrogen) atoms. The summed E-state index contributed by atoms with van der Waals surface area (Å²) in [7, 11) is 0. The Bertz CT molecular complexity index is 621. The van der Waals surface area contributed by atoms with Gasteiger partial charge in [0.1, 0.15) is 5.69 Å². The summed E-state index contributed by atoms with van der Waals surface area (Å²) in [5, 5.41) is 1.12. The number of hydrogen-bond donors (Lipinski definition) is 1. The van der Waals surface area contributed by atoms with E-state index in [-0.39, 0.29) is 5.91 Å². The van der Waals surface area contributed by atoms with Crippen LogP contribution in [0.15, 0.2) is 30.3 Å². The van der Waals surface area contributed by atoms with Crippen molar-refractivity contribution in [3.63, 3.8) is 0 Å². The zero-order chi connectivity index (χ0) is 14.2. The van der Waals surface area contributed by atoms with E-state index in [1.807, 2.05) is 24.3 Å². The van der Waals surface area contributed by atoms with Gasteiger partial charge in [-0.15, -0.1) is 0 Å². The number of fused-ring (bicyclic) bond motifs is 1. The van der Waals surface area contributed by atoms with Gasteiger partial charge in [-0.2, -0.15) is 0 Å². The lowest BCUT2D eigenvalue weighted by Gasteiger charge is -2.29. The summed E-state index contributed by atoms with van der Waals surface area (Å²) in [6.07, 6.45) is 7.65. The van der Waals surface area contributed by atoms with Crippen molar-refractivity contribution in [2.75, 3.05) is 6.54 Å². The fourth-order valence-electron chi connectivity index (χ4n) is 4.22. The Morgan fingerprint density at radius 2 is 1.90 bits per heavy atom. The summed E-state index contributed by atoms with van der Waals surface area (Å²) in [6, 6.07) is 10.6. The Hall–Kier alpha value is -1.77. The Morgan fingerprint density at radius 3 is 2.71 bits per heavy atom. The van der Waals surface area contributed by atoms with Crippen molar-refractivity contribution in [3.05, 3.63) is 36.0 Å². The fourth-order valence-corrected chi connectivity index (χ4v) is 4.22. The van der Waals surface area contributed by atoms with Crippen LogP contribution in [0.4, 0.5) is 0 Å². The van der Waals surface area contributed by atoms with Crippen molar-refractivity contribution in [3.8, 4) is 0 Å². The number of nitrogens with one attached hydrogen (secondary N) is 1. The molecule has 1 atom stereocenters. The van der Waals surface area contributed by atoms with E-state index in [2.05, 4.69) is 16.0 Å². The van der Waals surface area contributed by atoms with Gasteiger partial charge in [0.05, 0.1) is 0 Å². The smallest absolute Gasteiger partial charge is 0.270 e. The van der Waals surface area contributed by atoms with Crippen molar-refractivity contribution in [2.24, 2.45) is 5.92 Å². The quantitative estimate of drug-likeness (QED) is 0.889. The lowest BCUT2D eigenvalue weighted by atomic mass is 9.96. The lowest BCUT2D eigenvalue weighted by molar-refractivity contribution is 0.0684. The molecular weight excluding hydrogens is 260 g/mol. The number of benzene rings is 1. The maximum absolute atomic E-state index is 12.9. The maximum atomic E-state index is 12.9. The van der Waals surface area contributed by atoms with E-state index in [0.29, 0.717) is 6.04 Å². The molecule has 4 rings (SSSR count). The standard InChI is InChI=1S/C18H22N2O/c21-18(16-12-14-8-3-4-9-15(14)19-16)20-11-5-10-17(20)13-6-1-2-7-13/h3-4,8-9,12-13,17,19H,1-2,5-7,10-11H2. The number of rotatable bonds is 2. The monoisotopic (exact) mass is 282 g/mol. The van der Waals surface area contributed by atoms with Gasteiger partial charge in [-0.25, -0.2) is 0 Å². The maximum Gasteiger partial charge on any atom is 0.270 e. The zero-order valence-corrected chi connectivity index (χ0v) is 12.3. The van der Waals surface area contributed by atoms with Gasteiger partial charge >= 0.3 is 0 Å². The molecule has 2 heterocycles. The van der Waals surface area contributed by atoms with E-state index >= 15 is 0 Å². The lowest BCUT2D eigenvalue weighted by Crippen LogP contribution is -2.39. The minimum atomic E-state index is 0.195. The number of hydrogen-bond acceptors (Lipinski definition) is 1. The summed E-state index contributed by atoms with van der Waals surface area (Å²) >= 11 is 0. The number of H-pyrrole nitrogens is 1. The highest BCUT2D eigenvalue weighted by atomic mass is 16.2. The highest BCUT2D eigenvalue weighted by Crippen LogP contribution is 2.36. The van der Waals surface area contributed by atoms with Crippen molar-refractivity contribution < 1.29 is 4.79 Å². The van der Waals surface area contributed by atoms with Crippen molar-refractivity contribution in [1.82, 2.24) is 9.88 Å². The molecule has 0 bridgehead atoms. The molecule has 110 valence electrons. The molecule has 1 saturated heterocycles. The van der Waals surface area contributed by atoms with Crippen LogP contribution in [-0.4, -0.2) is 28.4 Å². The molecule has 0 radical (unpaired) electrons. The van der Waals surface area contributed by atoms with E-state index in [0.717, 1.165) is 35.5 Å². The molecule has 2 aromatic rings. The third-order valence-electron chi connectivity index (χ3n) is 5.26. The van der Waals surface area contributed by atoms with Crippen LogP contribution in [0, 0.1) is 5.92 Å². The first-order chi connectivity index (χ1) is 10.3. The third-order valence-corrected chi connectivity index (χ3v) is 5.26. The van der Waals surface area contributed by atoms with Crippen LogP contribution in [-0.2, 0) is 0 Å². The molecule has 1 aliphatic heterocycles. The molecule has 2 aliphatic rings. The molecule has 1 aliphatic carbocycles. The molecule has 1 amide bonds. The molecule has 1 saturated carbocycles. The minimum absolute atomic E-state index is 0.195. The molecule has 3 nitrogen and oxygen atoms in total. The fraction of sp³-hybridized carbons (Fsp3) is 0.500. The summed E-state index contributed by atoms with van der Waals surface area (Å²) in [6.45, 7) is 0.926. The summed E-state index contributed by atoms with van der Waals surface area (Å²) in [5.74, 6) is 0.932. The van der Waals surface area contributed by atoms with Gasteiger partial charge in [-0.3, -0.25) is 4.79 Å². The van der Waals surface area contributed by atoms with E-state index in [9.17, 15) is 4.79 Å². The van der Waals surface area contributed by atoms with Crippen molar-refractivity contribution in [2.45, 2.75) is 44.6 Å². The second-order valence-corrected chi connectivity index (χ2v) is 6.52. The SMILES string of the molecule is O=C(c1cc2ccccc2[nH]1)N1CCCC1C1CCCC1. The Labute approximate surface area is 125 Å². The number of carbonyl (C=O) groups is 1. The van der Waals surface area contributed by atoms with E-state index in [4.69, 9.17) is 0 Å². The average Bonchev–Trinajstić information content (AvgIpc) is 3.23. The van der Waals surface area contributed by atoms with Gasteiger partial charge in [0.25, 0.3) is 5.91 Å². The number of aromatic nitrogens is 1. The van der Waals surface area contributed by atoms with Crippen molar-refractivity contribution >= 4 is 16.8 Å². The van der Waals surface area contributed by atoms with Gasteiger partial charge in [0.2, 0.25) is 0 Å². The zero-order valence-electron chi connectivity index (χ0n) is 12.3. The molecule has 2 fully saturated rings. The first-order valence-electron chi connectivity index (χ1n) is 8.21. The predicted octanol–water partition coefficient (Wildman–Crippen LogP) is 3.96. The van der Waals surface area contributed by atoms with Gasteiger partial charge in [0.15, 0.2) is 0 Å². The van der Waals surface area contributed by atoms with Crippen LogP contribution < -0.4 is 0 Å². The predicted molar refractivity (Wildman–Crippen MR) is 84.3 cm³/mol. The molecule has 3 heteroatoms. The Kier molecular flexibility index (Phi) is 3.21. The molecule has 1 aromatic carbocycles. The third kappa shape index (κ3) is 2.25. The second-order valence-electron chi connectivity index (χ2n) is 6.52. The number of carbonyl (C=O) groups excluding carboxylic acids is 1. The van der Waals surface area contributed by atoms with E-state index in [1.54, 1.807) is 0 Å².